The Morgan fingerprint density at radius 2 is 2.03 bits per heavy atom. The Morgan fingerprint density at radius 1 is 1.20 bits per heavy atom. The number of benzene rings is 1. The number of hydrogen-bond acceptors (Lipinski definition) is 5. The van der Waals surface area contributed by atoms with Crippen molar-refractivity contribution < 1.29 is 4.74 Å². The number of imidazole rings is 1. The Hall–Kier alpha value is -1.76. The molecule has 196 valence electrons. The summed E-state index contributed by atoms with van der Waals surface area (Å²) in [5.74, 6) is 1.60. The molecule has 2 aromatic rings. The number of hydrogen-bond donors (Lipinski definition) is 1. The first-order valence-electron chi connectivity index (χ1n) is 13.5. The topological polar surface area (TPSA) is 45.6 Å². The van der Waals surface area contributed by atoms with Crippen LogP contribution in [0.1, 0.15) is 70.2 Å². The number of aryl methyl sites for hydroxylation is 1. The third kappa shape index (κ3) is 8.12. The molecule has 3 rings (SSSR count). The van der Waals surface area contributed by atoms with E-state index in [-0.39, 0.29) is 0 Å². The van der Waals surface area contributed by atoms with Gasteiger partial charge in [-0.25, -0.2) is 4.98 Å². The molecule has 1 N–H and O–H groups in total. The van der Waals surface area contributed by atoms with Gasteiger partial charge in [0, 0.05) is 52.1 Å². The first-order valence-corrected chi connectivity index (χ1v) is 13.9. The summed E-state index contributed by atoms with van der Waals surface area (Å²) in [6.07, 6.45) is 5.77. The molecule has 1 aliphatic heterocycles. The Bertz CT molecular complexity index is 913. The van der Waals surface area contributed by atoms with Crippen molar-refractivity contribution in [1.29, 1.82) is 0 Å². The fraction of sp³-hybridized carbons (Fsp3) is 0.679. The second-order valence-corrected chi connectivity index (χ2v) is 10.5. The maximum absolute atomic E-state index is 6.81. The maximum atomic E-state index is 6.81. The fourth-order valence-corrected chi connectivity index (χ4v) is 4.87. The van der Waals surface area contributed by atoms with E-state index in [1.165, 1.54) is 23.2 Å². The fourth-order valence-electron chi connectivity index (χ4n) is 4.64. The zero-order valence-electron chi connectivity index (χ0n) is 22.6. The molecule has 0 atom stereocenters. The van der Waals surface area contributed by atoms with Gasteiger partial charge in [-0.1, -0.05) is 50.9 Å². The first kappa shape index (κ1) is 27.8. The third-order valence-electron chi connectivity index (χ3n) is 6.77. The van der Waals surface area contributed by atoms with Crippen molar-refractivity contribution in [3.63, 3.8) is 0 Å². The second-order valence-electron chi connectivity index (χ2n) is 10.2. The number of aromatic nitrogens is 2. The number of ether oxygens (including phenoxy) is 1. The van der Waals surface area contributed by atoms with Crippen molar-refractivity contribution in [2.75, 3.05) is 50.1 Å². The van der Waals surface area contributed by atoms with Crippen molar-refractivity contribution in [2.24, 2.45) is 5.92 Å². The summed E-state index contributed by atoms with van der Waals surface area (Å²) >= 11 is 6.81. The normalized spacial score (nSPS) is 13.4. The quantitative estimate of drug-likeness (QED) is 0.292. The van der Waals surface area contributed by atoms with Gasteiger partial charge in [0.25, 0.3) is 0 Å². The minimum atomic E-state index is 0.628. The van der Waals surface area contributed by atoms with Crippen LogP contribution in [-0.2, 0) is 30.8 Å². The van der Waals surface area contributed by atoms with Gasteiger partial charge in [0.2, 0.25) is 5.95 Å². The van der Waals surface area contributed by atoms with Crippen LogP contribution in [-0.4, -0.2) is 54.3 Å². The summed E-state index contributed by atoms with van der Waals surface area (Å²) in [6.45, 7) is 15.9. The monoisotopic (exact) mass is 503 g/mol. The van der Waals surface area contributed by atoms with Crippen LogP contribution in [0.25, 0.3) is 0 Å². The summed E-state index contributed by atoms with van der Waals surface area (Å²) in [6, 6.07) is 6.93. The Labute approximate surface area is 218 Å². The molecule has 1 aliphatic rings. The molecule has 0 aliphatic carbocycles. The summed E-state index contributed by atoms with van der Waals surface area (Å²) in [7, 11) is 2.08. The zero-order chi connectivity index (χ0) is 25.2. The summed E-state index contributed by atoms with van der Waals surface area (Å²) in [5, 5.41) is 4.16. The Balaban J connectivity index is 1.83. The predicted molar refractivity (Wildman–Crippen MR) is 149 cm³/mol. The molecule has 0 saturated heterocycles. The number of unbranched alkanes of at least 4 members (excludes halogenated alkanes) is 1. The molecular weight excluding hydrogens is 458 g/mol. The lowest BCUT2D eigenvalue weighted by Gasteiger charge is -2.26. The van der Waals surface area contributed by atoms with E-state index in [9.17, 15) is 0 Å². The van der Waals surface area contributed by atoms with Crippen LogP contribution in [0.3, 0.4) is 0 Å². The van der Waals surface area contributed by atoms with Gasteiger partial charge in [0.1, 0.15) is 0 Å². The number of rotatable bonds is 15. The molecule has 1 aromatic carbocycles. The van der Waals surface area contributed by atoms with Crippen LogP contribution >= 0.6 is 11.6 Å². The molecule has 0 unspecified atom stereocenters. The molecule has 0 spiro atoms. The molecule has 1 aromatic heterocycles. The largest absolute Gasteiger partial charge is 0.385 e. The van der Waals surface area contributed by atoms with Gasteiger partial charge in [0.15, 0.2) is 5.15 Å². The van der Waals surface area contributed by atoms with E-state index in [2.05, 4.69) is 65.7 Å². The second kappa shape index (κ2) is 14.1. The van der Waals surface area contributed by atoms with Crippen LogP contribution < -0.4 is 10.2 Å². The van der Waals surface area contributed by atoms with Crippen LogP contribution in [0.5, 0.6) is 0 Å². The summed E-state index contributed by atoms with van der Waals surface area (Å²) in [5.41, 5.74) is 5.25. The standard InChI is InChI=1S/C28H46ClN5O/c1-6-8-15-34-26(27(29)31-28(34)32(5)17-18-35-7-2)21-33(16-13-22(3)4)20-23-11-12-25-24(19-23)10-9-14-30-25/h11-12,19,22,30H,6-10,13-18,20-21H2,1-5H3. The number of anilines is 2. The number of fused-ring (bicyclic) bond motifs is 1. The highest BCUT2D eigenvalue weighted by atomic mass is 35.5. The molecule has 2 heterocycles. The van der Waals surface area contributed by atoms with Crippen molar-refractivity contribution in [3.8, 4) is 0 Å². The summed E-state index contributed by atoms with van der Waals surface area (Å²) in [4.78, 5) is 9.54. The average molecular weight is 504 g/mol. The average Bonchev–Trinajstić information content (AvgIpc) is 3.16. The number of halogens is 1. The molecule has 0 bridgehead atoms. The molecule has 0 fully saturated rings. The smallest absolute Gasteiger partial charge is 0.207 e. The predicted octanol–water partition coefficient (Wildman–Crippen LogP) is 6.22. The highest BCUT2D eigenvalue weighted by molar-refractivity contribution is 6.30. The van der Waals surface area contributed by atoms with Gasteiger partial charge < -0.3 is 19.5 Å². The van der Waals surface area contributed by atoms with Gasteiger partial charge in [-0.2, -0.15) is 0 Å². The van der Waals surface area contributed by atoms with Gasteiger partial charge in [-0.3, -0.25) is 4.90 Å². The highest BCUT2D eigenvalue weighted by Gasteiger charge is 2.21. The Morgan fingerprint density at radius 3 is 2.77 bits per heavy atom. The van der Waals surface area contributed by atoms with Crippen molar-refractivity contribution in [3.05, 3.63) is 40.2 Å². The molecule has 0 saturated carbocycles. The van der Waals surface area contributed by atoms with E-state index in [4.69, 9.17) is 21.3 Å². The van der Waals surface area contributed by atoms with E-state index in [0.29, 0.717) is 17.7 Å². The lowest BCUT2D eigenvalue weighted by atomic mass is 10.0. The SMILES string of the molecule is CCCCn1c(N(C)CCOCC)nc(Cl)c1CN(CCC(C)C)Cc1ccc2c(c1)CCCN2. The summed E-state index contributed by atoms with van der Waals surface area (Å²) < 4.78 is 7.93. The lowest BCUT2D eigenvalue weighted by Crippen LogP contribution is -2.29. The molecule has 6 nitrogen and oxygen atoms in total. The molecular formula is C28H46ClN5O. The first-order chi connectivity index (χ1) is 16.9. The minimum absolute atomic E-state index is 0.628. The van der Waals surface area contributed by atoms with E-state index < -0.39 is 0 Å². The van der Waals surface area contributed by atoms with Crippen molar-refractivity contribution in [2.45, 2.75) is 79.4 Å². The van der Waals surface area contributed by atoms with Crippen LogP contribution in [0, 0.1) is 5.92 Å². The maximum Gasteiger partial charge on any atom is 0.207 e. The number of nitrogens with one attached hydrogen (secondary N) is 1. The lowest BCUT2D eigenvalue weighted by molar-refractivity contribution is 0.154. The molecule has 35 heavy (non-hydrogen) atoms. The van der Waals surface area contributed by atoms with E-state index in [1.807, 2.05) is 6.92 Å². The van der Waals surface area contributed by atoms with Crippen molar-refractivity contribution >= 4 is 23.2 Å². The van der Waals surface area contributed by atoms with Gasteiger partial charge in [0.05, 0.1) is 12.3 Å². The zero-order valence-corrected chi connectivity index (χ0v) is 23.3. The Kier molecular flexibility index (Phi) is 11.2. The van der Waals surface area contributed by atoms with E-state index in [0.717, 1.165) is 83.2 Å². The van der Waals surface area contributed by atoms with Gasteiger partial charge >= 0.3 is 0 Å². The van der Waals surface area contributed by atoms with Gasteiger partial charge in [-0.05, 0) is 62.3 Å². The third-order valence-corrected chi connectivity index (χ3v) is 7.07. The van der Waals surface area contributed by atoms with Crippen LogP contribution in [0.4, 0.5) is 11.6 Å². The minimum Gasteiger partial charge on any atom is -0.385 e. The highest BCUT2D eigenvalue weighted by Crippen LogP contribution is 2.28. The van der Waals surface area contributed by atoms with Gasteiger partial charge in [-0.15, -0.1) is 0 Å². The number of nitrogens with zero attached hydrogens (tertiary/aromatic N) is 4. The van der Waals surface area contributed by atoms with E-state index >= 15 is 0 Å². The number of likely N-dealkylation sites (N-methyl/N-ethyl adjacent to an activating group) is 1. The van der Waals surface area contributed by atoms with Crippen LogP contribution in [0.2, 0.25) is 5.15 Å². The molecule has 0 amide bonds. The van der Waals surface area contributed by atoms with Crippen molar-refractivity contribution in [1.82, 2.24) is 14.5 Å². The van der Waals surface area contributed by atoms with Crippen LogP contribution in [0.15, 0.2) is 18.2 Å². The molecule has 7 heteroatoms. The van der Waals surface area contributed by atoms with E-state index in [1.54, 1.807) is 0 Å². The molecule has 0 radical (unpaired) electrons.